The lowest BCUT2D eigenvalue weighted by atomic mass is 10.3. The van der Waals surface area contributed by atoms with Gasteiger partial charge in [0.25, 0.3) is 0 Å². The molecule has 0 aliphatic rings. The van der Waals surface area contributed by atoms with Crippen LogP contribution in [0, 0.1) is 0 Å². The van der Waals surface area contributed by atoms with Gasteiger partial charge in [0, 0.05) is 18.8 Å². The molecular weight excluding hydrogens is 180 g/mol. The first-order chi connectivity index (χ1) is 6.77. The topological polar surface area (TPSA) is 77.0 Å². The summed E-state index contributed by atoms with van der Waals surface area (Å²) in [5, 5.41) is 3.19. The van der Waals surface area contributed by atoms with Gasteiger partial charge in [0.2, 0.25) is 5.71 Å². The molecule has 1 atom stereocenters. The van der Waals surface area contributed by atoms with E-state index in [0.29, 0.717) is 12.3 Å². The summed E-state index contributed by atoms with van der Waals surface area (Å²) in [4.78, 5) is 8.09. The van der Waals surface area contributed by atoms with Gasteiger partial charge in [-0.3, -0.25) is 0 Å². The quantitative estimate of drug-likeness (QED) is 0.758. The van der Waals surface area contributed by atoms with Crippen molar-refractivity contribution in [1.29, 1.82) is 0 Å². The molecule has 14 heavy (non-hydrogen) atoms. The van der Waals surface area contributed by atoms with E-state index >= 15 is 0 Å². The van der Waals surface area contributed by atoms with Crippen molar-refractivity contribution >= 4 is 16.9 Å². The first-order valence-corrected chi connectivity index (χ1v) is 4.45. The van der Waals surface area contributed by atoms with E-state index in [2.05, 4.69) is 15.3 Å². The minimum Gasteiger partial charge on any atom is -0.425 e. The van der Waals surface area contributed by atoms with Crippen molar-refractivity contribution in [2.24, 2.45) is 5.73 Å². The van der Waals surface area contributed by atoms with Crippen molar-refractivity contribution in [2.75, 3.05) is 11.9 Å². The van der Waals surface area contributed by atoms with Crippen LogP contribution in [0.3, 0.4) is 0 Å². The van der Waals surface area contributed by atoms with Crippen molar-refractivity contribution in [3.63, 3.8) is 0 Å². The third-order valence-corrected chi connectivity index (χ3v) is 1.85. The predicted octanol–water partition coefficient (Wildman–Crippen LogP) is 0.982. The highest BCUT2D eigenvalue weighted by molar-refractivity contribution is 5.83. The summed E-state index contributed by atoms with van der Waals surface area (Å²) in [7, 11) is 0. The Bertz CT molecular complexity index is 423. The van der Waals surface area contributed by atoms with Gasteiger partial charge in [0.15, 0.2) is 11.9 Å². The highest BCUT2D eigenvalue weighted by Gasteiger charge is 2.05. The molecule has 2 heterocycles. The molecule has 0 aromatic carbocycles. The zero-order valence-corrected chi connectivity index (χ0v) is 7.90. The molecule has 3 N–H and O–H groups in total. The predicted molar refractivity (Wildman–Crippen MR) is 53.9 cm³/mol. The number of oxazole rings is 1. The van der Waals surface area contributed by atoms with Crippen molar-refractivity contribution < 1.29 is 4.42 Å². The maximum absolute atomic E-state index is 5.64. The molecule has 2 aromatic heterocycles. The molecule has 1 unspecified atom stereocenters. The SMILES string of the molecule is CC(N)CNc1ccnc2ocnc12. The fourth-order valence-corrected chi connectivity index (χ4v) is 1.19. The summed E-state index contributed by atoms with van der Waals surface area (Å²) in [5.41, 5.74) is 7.83. The lowest BCUT2D eigenvalue weighted by molar-refractivity contribution is 0.590. The smallest absolute Gasteiger partial charge is 0.248 e. The van der Waals surface area contributed by atoms with E-state index in [-0.39, 0.29) is 6.04 Å². The number of pyridine rings is 1. The maximum Gasteiger partial charge on any atom is 0.248 e. The van der Waals surface area contributed by atoms with Crippen molar-refractivity contribution in [3.8, 4) is 0 Å². The molecule has 0 saturated carbocycles. The van der Waals surface area contributed by atoms with Crippen LogP contribution in [0.1, 0.15) is 6.92 Å². The van der Waals surface area contributed by atoms with Crippen LogP contribution in [0.25, 0.3) is 11.2 Å². The zero-order valence-electron chi connectivity index (χ0n) is 7.90. The van der Waals surface area contributed by atoms with Crippen LogP contribution in [-0.2, 0) is 0 Å². The summed E-state index contributed by atoms with van der Waals surface area (Å²) in [6.45, 7) is 2.64. The largest absolute Gasteiger partial charge is 0.425 e. The number of nitrogens with two attached hydrogens (primary N) is 1. The first-order valence-electron chi connectivity index (χ1n) is 4.45. The van der Waals surface area contributed by atoms with E-state index < -0.39 is 0 Å². The van der Waals surface area contributed by atoms with E-state index in [1.807, 2.05) is 13.0 Å². The Morgan fingerprint density at radius 3 is 3.21 bits per heavy atom. The molecule has 0 bridgehead atoms. The molecule has 2 aromatic rings. The molecule has 0 amide bonds. The Morgan fingerprint density at radius 1 is 1.57 bits per heavy atom. The van der Waals surface area contributed by atoms with Gasteiger partial charge in [0.1, 0.15) is 0 Å². The highest BCUT2D eigenvalue weighted by Crippen LogP contribution is 2.18. The monoisotopic (exact) mass is 192 g/mol. The van der Waals surface area contributed by atoms with Crippen molar-refractivity contribution in [2.45, 2.75) is 13.0 Å². The molecule has 0 fully saturated rings. The Hall–Kier alpha value is -1.62. The Kier molecular flexibility index (Phi) is 2.32. The maximum atomic E-state index is 5.64. The van der Waals surface area contributed by atoms with Crippen LogP contribution >= 0.6 is 0 Å². The molecule has 74 valence electrons. The average Bonchev–Trinajstić information content (AvgIpc) is 2.62. The molecule has 5 nitrogen and oxygen atoms in total. The summed E-state index contributed by atoms with van der Waals surface area (Å²) in [6, 6.07) is 1.96. The summed E-state index contributed by atoms with van der Waals surface area (Å²) in [5.74, 6) is 0. The minimum absolute atomic E-state index is 0.102. The van der Waals surface area contributed by atoms with E-state index in [1.165, 1.54) is 6.39 Å². The van der Waals surface area contributed by atoms with Gasteiger partial charge in [-0.05, 0) is 13.0 Å². The van der Waals surface area contributed by atoms with Gasteiger partial charge >= 0.3 is 0 Å². The summed E-state index contributed by atoms with van der Waals surface area (Å²) >= 11 is 0. The van der Waals surface area contributed by atoms with E-state index in [0.717, 1.165) is 11.2 Å². The lowest BCUT2D eigenvalue weighted by Crippen LogP contribution is -2.25. The fourth-order valence-electron chi connectivity index (χ4n) is 1.19. The van der Waals surface area contributed by atoms with Gasteiger partial charge in [-0.15, -0.1) is 0 Å². The van der Waals surface area contributed by atoms with E-state index in [1.54, 1.807) is 6.20 Å². The first kappa shape index (κ1) is 8.96. The van der Waals surface area contributed by atoms with Crippen LogP contribution in [0.15, 0.2) is 23.1 Å². The number of aromatic nitrogens is 2. The zero-order chi connectivity index (χ0) is 9.97. The molecule has 2 rings (SSSR count). The Labute approximate surface area is 81.3 Å². The minimum atomic E-state index is 0.102. The molecular formula is C9H12N4O. The second kappa shape index (κ2) is 3.63. The third-order valence-electron chi connectivity index (χ3n) is 1.85. The number of hydrogen-bond acceptors (Lipinski definition) is 5. The van der Waals surface area contributed by atoms with Crippen LogP contribution < -0.4 is 11.1 Å². The van der Waals surface area contributed by atoms with Gasteiger partial charge in [-0.2, -0.15) is 0 Å². The lowest BCUT2D eigenvalue weighted by Gasteiger charge is -2.08. The normalized spacial score (nSPS) is 13.0. The Morgan fingerprint density at radius 2 is 2.43 bits per heavy atom. The molecule has 5 heteroatoms. The summed E-state index contributed by atoms with van der Waals surface area (Å²) < 4.78 is 5.07. The molecule has 0 saturated heterocycles. The van der Waals surface area contributed by atoms with Gasteiger partial charge in [-0.1, -0.05) is 0 Å². The Balaban J connectivity index is 2.27. The number of anilines is 1. The summed E-state index contributed by atoms with van der Waals surface area (Å²) in [6.07, 6.45) is 3.06. The number of fused-ring (bicyclic) bond motifs is 1. The molecule has 0 aliphatic carbocycles. The van der Waals surface area contributed by atoms with E-state index in [9.17, 15) is 0 Å². The fraction of sp³-hybridized carbons (Fsp3) is 0.333. The van der Waals surface area contributed by atoms with Gasteiger partial charge in [0.05, 0.1) is 5.69 Å². The van der Waals surface area contributed by atoms with Gasteiger partial charge < -0.3 is 15.5 Å². The third kappa shape index (κ3) is 1.67. The second-order valence-electron chi connectivity index (χ2n) is 3.22. The van der Waals surface area contributed by atoms with Crippen LogP contribution in [0.2, 0.25) is 0 Å². The van der Waals surface area contributed by atoms with Gasteiger partial charge in [-0.25, -0.2) is 9.97 Å². The highest BCUT2D eigenvalue weighted by atomic mass is 16.3. The van der Waals surface area contributed by atoms with E-state index in [4.69, 9.17) is 10.2 Å². The van der Waals surface area contributed by atoms with Crippen molar-refractivity contribution in [3.05, 3.63) is 18.7 Å². The average molecular weight is 192 g/mol. The number of hydrogen-bond donors (Lipinski definition) is 2. The van der Waals surface area contributed by atoms with Crippen LogP contribution in [-0.4, -0.2) is 22.6 Å². The molecule has 0 aliphatic heterocycles. The molecule has 0 radical (unpaired) electrons. The number of nitrogens with zero attached hydrogens (tertiary/aromatic N) is 2. The number of rotatable bonds is 3. The van der Waals surface area contributed by atoms with Crippen LogP contribution in [0.4, 0.5) is 5.69 Å². The molecule has 0 spiro atoms. The van der Waals surface area contributed by atoms with Crippen molar-refractivity contribution in [1.82, 2.24) is 9.97 Å². The number of nitrogens with one attached hydrogen (secondary N) is 1. The standard InChI is InChI=1S/C9H12N4O/c1-6(10)4-12-7-2-3-11-9-8(7)13-5-14-9/h2-3,5-6H,4,10H2,1H3,(H,11,12). The van der Waals surface area contributed by atoms with Crippen LogP contribution in [0.5, 0.6) is 0 Å². The second-order valence-corrected chi connectivity index (χ2v) is 3.22.